The quantitative estimate of drug-likeness (QED) is 0.545. The van der Waals surface area contributed by atoms with Gasteiger partial charge in [0, 0.05) is 33.4 Å². The van der Waals surface area contributed by atoms with E-state index in [1.54, 1.807) is 0 Å². The smallest absolute Gasteiger partial charge is 0.119 e. The number of benzene rings is 2. The summed E-state index contributed by atoms with van der Waals surface area (Å²) in [5.74, 6) is 2.29. The van der Waals surface area contributed by atoms with E-state index in [1.165, 1.54) is 10.8 Å². The zero-order valence-corrected chi connectivity index (χ0v) is 16.3. The molecule has 0 fully saturated rings. The zero-order chi connectivity index (χ0) is 17.2. The Hall–Kier alpha value is -0.910. The second-order valence-corrected chi connectivity index (χ2v) is 8.45. The number of unbranched alkanes of at least 4 members (excludes halogenated alkanes) is 3. The normalized spacial score (nSPS) is 12.4. The second-order valence-electron chi connectivity index (χ2n) is 5.84. The van der Waals surface area contributed by atoms with Crippen molar-refractivity contribution in [2.45, 2.75) is 32.1 Å². The number of aliphatic hydroxyl groups excluding tert-OH is 1. The highest BCUT2D eigenvalue weighted by Crippen LogP contribution is 2.24. The van der Waals surface area contributed by atoms with Crippen molar-refractivity contribution in [3.63, 3.8) is 0 Å². The third-order valence-electron chi connectivity index (χ3n) is 3.84. The summed E-state index contributed by atoms with van der Waals surface area (Å²) in [6.07, 6.45) is 4.82. The number of hydrogen-bond donors (Lipinski definition) is 1. The molecule has 1 N–H and O–H groups in total. The second kappa shape index (κ2) is 10.9. The van der Waals surface area contributed by atoms with Gasteiger partial charge < -0.3 is 9.84 Å². The lowest BCUT2D eigenvalue weighted by atomic mass is 10.1. The van der Waals surface area contributed by atoms with Crippen LogP contribution in [0.15, 0.2) is 40.9 Å². The lowest BCUT2D eigenvalue weighted by Gasteiger charge is -2.08. The average molecular weight is 413 g/mol. The summed E-state index contributed by atoms with van der Waals surface area (Å²) in [6, 6.07) is 12.4. The van der Waals surface area contributed by atoms with Crippen LogP contribution >= 0.6 is 15.9 Å². The maximum atomic E-state index is 11.6. The Kier molecular flexibility index (Phi) is 8.78. The molecule has 0 saturated carbocycles. The minimum Gasteiger partial charge on any atom is -0.494 e. The number of hydrogen-bond acceptors (Lipinski definition) is 3. The molecule has 2 rings (SSSR count). The van der Waals surface area contributed by atoms with E-state index in [0.717, 1.165) is 48.3 Å². The van der Waals surface area contributed by atoms with E-state index in [4.69, 9.17) is 9.84 Å². The Morgan fingerprint density at radius 1 is 0.917 bits per heavy atom. The summed E-state index contributed by atoms with van der Waals surface area (Å²) in [5, 5.41) is 11.1. The van der Waals surface area contributed by atoms with Crippen molar-refractivity contribution in [3.05, 3.63) is 40.9 Å². The fourth-order valence-electron chi connectivity index (χ4n) is 2.52. The van der Waals surface area contributed by atoms with Crippen molar-refractivity contribution in [2.24, 2.45) is 0 Å². The molecule has 0 bridgehead atoms. The molecule has 0 saturated heterocycles. The molecule has 1 atom stereocenters. The van der Waals surface area contributed by atoms with Crippen molar-refractivity contribution < 1.29 is 14.1 Å². The van der Waals surface area contributed by atoms with Crippen LogP contribution < -0.4 is 4.74 Å². The first kappa shape index (κ1) is 19.4. The zero-order valence-electron chi connectivity index (χ0n) is 13.9. The first-order valence-corrected chi connectivity index (χ1v) is 10.7. The average Bonchev–Trinajstić information content (AvgIpc) is 2.59. The summed E-state index contributed by atoms with van der Waals surface area (Å²) >= 11 is 3.48. The van der Waals surface area contributed by atoms with E-state index in [2.05, 4.69) is 40.2 Å². The van der Waals surface area contributed by atoms with E-state index in [0.29, 0.717) is 12.2 Å². The van der Waals surface area contributed by atoms with E-state index >= 15 is 0 Å². The fraction of sp³-hybridized carbons (Fsp3) is 0.474. The molecule has 5 heteroatoms. The minimum absolute atomic E-state index is 0.134. The van der Waals surface area contributed by atoms with Crippen molar-refractivity contribution in [1.29, 1.82) is 0 Å². The predicted octanol–water partition coefficient (Wildman–Crippen LogP) is 4.67. The molecular formula is C19H25BrO3S. The van der Waals surface area contributed by atoms with Gasteiger partial charge in [-0.3, -0.25) is 4.21 Å². The third-order valence-corrected chi connectivity index (χ3v) is 5.82. The van der Waals surface area contributed by atoms with Gasteiger partial charge >= 0.3 is 0 Å². The Morgan fingerprint density at radius 2 is 1.62 bits per heavy atom. The van der Waals surface area contributed by atoms with Gasteiger partial charge in [0.1, 0.15) is 5.75 Å². The van der Waals surface area contributed by atoms with Crippen LogP contribution in [0.25, 0.3) is 10.8 Å². The number of halogens is 1. The minimum atomic E-state index is -0.767. The number of aliphatic hydroxyl groups is 1. The summed E-state index contributed by atoms with van der Waals surface area (Å²) in [7, 11) is -0.767. The molecule has 0 aliphatic rings. The van der Waals surface area contributed by atoms with E-state index in [9.17, 15) is 4.21 Å². The van der Waals surface area contributed by atoms with Crippen LogP contribution in [0, 0.1) is 0 Å². The lowest BCUT2D eigenvalue weighted by Crippen LogP contribution is -2.04. The predicted molar refractivity (Wildman–Crippen MR) is 105 cm³/mol. The van der Waals surface area contributed by atoms with Gasteiger partial charge in [-0.05, 0) is 54.3 Å². The Morgan fingerprint density at radius 3 is 2.46 bits per heavy atom. The molecule has 2 aromatic rings. The maximum Gasteiger partial charge on any atom is 0.119 e. The van der Waals surface area contributed by atoms with Gasteiger partial charge in [0.15, 0.2) is 0 Å². The van der Waals surface area contributed by atoms with Gasteiger partial charge in [0.05, 0.1) is 6.61 Å². The van der Waals surface area contributed by atoms with Crippen molar-refractivity contribution in [2.75, 3.05) is 24.7 Å². The van der Waals surface area contributed by atoms with Gasteiger partial charge in [0.2, 0.25) is 0 Å². The van der Waals surface area contributed by atoms with E-state index in [1.807, 2.05) is 12.1 Å². The SMILES string of the molecule is O=S(CCCO)CCCCCCOc1ccc2cc(Br)ccc2c1. The van der Waals surface area contributed by atoms with Crippen molar-refractivity contribution in [1.82, 2.24) is 0 Å². The van der Waals surface area contributed by atoms with Crippen LogP contribution in [0.5, 0.6) is 5.75 Å². The lowest BCUT2D eigenvalue weighted by molar-refractivity contribution is 0.296. The summed E-state index contributed by atoms with van der Waals surface area (Å²) in [4.78, 5) is 0. The molecule has 0 aliphatic heterocycles. The highest BCUT2D eigenvalue weighted by atomic mass is 79.9. The molecule has 0 heterocycles. The standard InChI is InChI=1S/C19H25BrO3S/c20-18-8-6-17-15-19(9-7-16(17)14-18)23-11-3-1-2-4-12-24(22)13-5-10-21/h6-9,14-15,21H,1-5,10-13H2. The molecule has 0 spiro atoms. The van der Waals surface area contributed by atoms with Crippen LogP contribution in [-0.4, -0.2) is 34.0 Å². The van der Waals surface area contributed by atoms with Crippen LogP contribution in [0.4, 0.5) is 0 Å². The highest BCUT2D eigenvalue weighted by Gasteiger charge is 2.01. The molecule has 3 nitrogen and oxygen atoms in total. The van der Waals surface area contributed by atoms with Gasteiger partial charge in [-0.2, -0.15) is 0 Å². The first-order chi connectivity index (χ1) is 11.7. The van der Waals surface area contributed by atoms with Crippen LogP contribution in [0.3, 0.4) is 0 Å². The van der Waals surface area contributed by atoms with Gasteiger partial charge in [-0.1, -0.05) is 40.9 Å². The Bertz CT molecular complexity index is 660. The summed E-state index contributed by atoms with van der Waals surface area (Å²) in [6.45, 7) is 0.852. The molecule has 1 unspecified atom stereocenters. The molecule has 2 aromatic carbocycles. The Labute approximate surface area is 155 Å². The summed E-state index contributed by atoms with van der Waals surface area (Å²) < 4.78 is 18.5. The topological polar surface area (TPSA) is 46.5 Å². The van der Waals surface area contributed by atoms with E-state index in [-0.39, 0.29) is 6.61 Å². The highest BCUT2D eigenvalue weighted by molar-refractivity contribution is 9.10. The number of rotatable bonds is 11. The molecule has 0 aliphatic carbocycles. The molecule has 0 amide bonds. The van der Waals surface area contributed by atoms with Gasteiger partial charge in [-0.15, -0.1) is 0 Å². The first-order valence-electron chi connectivity index (χ1n) is 8.47. The van der Waals surface area contributed by atoms with Crippen LogP contribution in [0.1, 0.15) is 32.1 Å². The fourth-order valence-corrected chi connectivity index (χ4v) is 4.08. The third kappa shape index (κ3) is 6.91. The van der Waals surface area contributed by atoms with Crippen molar-refractivity contribution in [3.8, 4) is 5.75 Å². The number of fused-ring (bicyclic) bond motifs is 1. The molecule has 0 radical (unpaired) electrons. The monoisotopic (exact) mass is 412 g/mol. The maximum absolute atomic E-state index is 11.6. The van der Waals surface area contributed by atoms with Crippen molar-refractivity contribution >= 4 is 37.5 Å². The Balaban J connectivity index is 1.61. The number of ether oxygens (including phenoxy) is 1. The van der Waals surface area contributed by atoms with Crippen LogP contribution in [0.2, 0.25) is 0 Å². The molecule has 132 valence electrons. The van der Waals surface area contributed by atoms with Gasteiger partial charge in [-0.25, -0.2) is 0 Å². The molecular weight excluding hydrogens is 388 g/mol. The van der Waals surface area contributed by atoms with Crippen LogP contribution in [-0.2, 0) is 10.8 Å². The largest absolute Gasteiger partial charge is 0.494 e. The summed E-state index contributed by atoms with van der Waals surface area (Å²) in [5.41, 5.74) is 0. The van der Waals surface area contributed by atoms with Gasteiger partial charge in [0.25, 0.3) is 0 Å². The van der Waals surface area contributed by atoms with E-state index < -0.39 is 10.8 Å². The molecule has 24 heavy (non-hydrogen) atoms. The molecule has 0 aromatic heterocycles.